The molecule has 0 unspecified atom stereocenters. The average molecular weight is 281 g/mol. The highest BCUT2D eigenvalue weighted by Crippen LogP contribution is 2.11. The number of nitrogens with zero attached hydrogens (tertiary/aromatic N) is 2. The van der Waals surface area contributed by atoms with Crippen LogP contribution in [0.25, 0.3) is 0 Å². The van der Waals surface area contributed by atoms with Crippen LogP contribution < -0.4 is 11.1 Å². The summed E-state index contributed by atoms with van der Waals surface area (Å²) < 4.78 is 1.77. The van der Waals surface area contributed by atoms with E-state index in [0.717, 1.165) is 5.56 Å². The molecule has 2 aromatic heterocycles. The van der Waals surface area contributed by atoms with Crippen molar-refractivity contribution >= 4 is 17.3 Å². The van der Waals surface area contributed by atoms with Gasteiger partial charge in [-0.05, 0) is 11.6 Å². The molecule has 0 aliphatic carbocycles. The number of carbonyl (C=O) groups is 1. The van der Waals surface area contributed by atoms with Gasteiger partial charge in [0, 0.05) is 18.1 Å². The van der Waals surface area contributed by atoms with Crippen molar-refractivity contribution in [1.29, 1.82) is 0 Å². The van der Waals surface area contributed by atoms with Crippen molar-refractivity contribution in [1.82, 2.24) is 14.8 Å². The number of benzene rings is 1. The smallest absolute Gasteiger partial charge is 0.272 e. The quantitative estimate of drug-likeness (QED) is 0.684. The number of hydrogen-bond acceptors (Lipinski definition) is 3. The predicted molar refractivity (Wildman–Crippen MR) is 80.9 cm³/mol. The minimum absolute atomic E-state index is 0.244. The highest BCUT2D eigenvalue weighted by Gasteiger charge is 2.09. The zero-order valence-electron chi connectivity index (χ0n) is 11.3. The van der Waals surface area contributed by atoms with Crippen LogP contribution in [0.5, 0.6) is 0 Å². The van der Waals surface area contributed by atoms with E-state index >= 15 is 0 Å². The third-order valence-corrected chi connectivity index (χ3v) is 3.03. The maximum absolute atomic E-state index is 12.0. The van der Waals surface area contributed by atoms with Gasteiger partial charge in [0.2, 0.25) is 0 Å². The Kier molecular flexibility index (Phi) is 3.42. The molecule has 6 nitrogen and oxygen atoms in total. The van der Waals surface area contributed by atoms with E-state index in [-0.39, 0.29) is 5.91 Å². The van der Waals surface area contributed by atoms with Crippen LogP contribution in [-0.4, -0.2) is 20.7 Å². The van der Waals surface area contributed by atoms with Crippen LogP contribution in [0.2, 0.25) is 0 Å². The molecule has 1 aromatic carbocycles. The van der Waals surface area contributed by atoms with E-state index < -0.39 is 0 Å². The van der Waals surface area contributed by atoms with Crippen LogP contribution in [0.1, 0.15) is 16.1 Å². The number of aromatic nitrogens is 3. The van der Waals surface area contributed by atoms with E-state index in [1.54, 1.807) is 29.3 Å². The van der Waals surface area contributed by atoms with Gasteiger partial charge in [0.25, 0.3) is 5.91 Å². The van der Waals surface area contributed by atoms with Crippen LogP contribution >= 0.6 is 0 Å². The number of hydrogen-bond donors (Lipinski definition) is 3. The summed E-state index contributed by atoms with van der Waals surface area (Å²) in [5.41, 5.74) is 8.31. The normalized spacial score (nSPS) is 10.5. The first-order chi connectivity index (χ1) is 10.2. The van der Waals surface area contributed by atoms with Crippen molar-refractivity contribution in [3.05, 3.63) is 66.2 Å². The number of amides is 1. The summed E-state index contributed by atoms with van der Waals surface area (Å²) in [6.07, 6.45) is 4.98. The maximum atomic E-state index is 12.0. The molecule has 3 rings (SSSR count). The Morgan fingerprint density at radius 1 is 1.33 bits per heavy atom. The van der Waals surface area contributed by atoms with E-state index in [0.29, 0.717) is 23.6 Å². The van der Waals surface area contributed by atoms with Gasteiger partial charge >= 0.3 is 0 Å². The number of H-pyrrole nitrogens is 1. The molecule has 106 valence electrons. The van der Waals surface area contributed by atoms with Gasteiger partial charge in [0.1, 0.15) is 5.69 Å². The molecule has 0 bridgehead atoms. The van der Waals surface area contributed by atoms with E-state index in [1.807, 2.05) is 30.3 Å². The van der Waals surface area contributed by atoms with E-state index in [1.165, 1.54) is 0 Å². The van der Waals surface area contributed by atoms with Crippen molar-refractivity contribution in [3.8, 4) is 0 Å². The highest BCUT2D eigenvalue weighted by atomic mass is 16.1. The van der Waals surface area contributed by atoms with Crippen LogP contribution in [0.4, 0.5) is 11.4 Å². The summed E-state index contributed by atoms with van der Waals surface area (Å²) in [5, 5.41) is 7.00. The lowest BCUT2D eigenvalue weighted by atomic mass is 10.2. The summed E-state index contributed by atoms with van der Waals surface area (Å²) in [4.78, 5) is 14.8. The van der Waals surface area contributed by atoms with Crippen molar-refractivity contribution in [2.75, 3.05) is 11.1 Å². The number of nitrogens with two attached hydrogens (primary N) is 1. The van der Waals surface area contributed by atoms with Crippen LogP contribution in [0.3, 0.4) is 0 Å². The Bertz CT molecular complexity index is 744. The molecule has 1 amide bonds. The molecule has 0 spiro atoms. The lowest BCUT2D eigenvalue weighted by molar-refractivity contribution is 0.102. The first kappa shape index (κ1) is 13.0. The Hall–Kier alpha value is -3.02. The fourth-order valence-electron chi connectivity index (χ4n) is 2.03. The second kappa shape index (κ2) is 5.54. The first-order valence-electron chi connectivity index (χ1n) is 6.52. The SMILES string of the molecule is Nc1c[nH]c(C(=O)Nc2cnn(Cc3ccccc3)c2)c1. The van der Waals surface area contributed by atoms with Crippen LogP contribution in [-0.2, 0) is 6.54 Å². The zero-order chi connectivity index (χ0) is 14.7. The van der Waals surface area contributed by atoms with E-state index in [2.05, 4.69) is 15.4 Å². The topological polar surface area (TPSA) is 88.7 Å². The van der Waals surface area contributed by atoms with Gasteiger partial charge in [-0.3, -0.25) is 9.48 Å². The van der Waals surface area contributed by atoms with Crippen LogP contribution in [0.15, 0.2) is 55.0 Å². The number of nitrogen functional groups attached to an aromatic ring is 1. The van der Waals surface area contributed by atoms with Gasteiger partial charge in [-0.1, -0.05) is 30.3 Å². The number of rotatable bonds is 4. The third-order valence-electron chi connectivity index (χ3n) is 3.03. The van der Waals surface area contributed by atoms with Gasteiger partial charge in [-0.2, -0.15) is 5.10 Å². The molecule has 0 saturated heterocycles. The minimum Gasteiger partial charge on any atom is -0.397 e. The lowest BCUT2D eigenvalue weighted by Gasteiger charge is -2.01. The number of aromatic amines is 1. The standard InChI is InChI=1S/C15H15N5O/c16-12-6-14(17-7-12)15(21)19-13-8-18-20(10-13)9-11-4-2-1-3-5-11/h1-8,10,17H,9,16H2,(H,19,21). The number of anilines is 2. The molecule has 6 heteroatoms. The number of nitrogens with one attached hydrogen (secondary N) is 2. The number of carbonyl (C=O) groups excluding carboxylic acids is 1. The molecule has 0 saturated carbocycles. The third kappa shape index (κ3) is 3.11. The molecule has 0 atom stereocenters. The monoisotopic (exact) mass is 281 g/mol. The van der Waals surface area contributed by atoms with E-state index in [9.17, 15) is 4.79 Å². The van der Waals surface area contributed by atoms with Gasteiger partial charge in [0.15, 0.2) is 0 Å². The fraction of sp³-hybridized carbons (Fsp3) is 0.0667. The molecule has 2 heterocycles. The fourth-order valence-corrected chi connectivity index (χ4v) is 2.03. The summed E-state index contributed by atoms with van der Waals surface area (Å²) >= 11 is 0. The maximum Gasteiger partial charge on any atom is 0.272 e. The summed E-state index contributed by atoms with van der Waals surface area (Å²) in [5.74, 6) is -0.244. The lowest BCUT2D eigenvalue weighted by Crippen LogP contribution is -2.11. The predicted octanol–water partition coefficient (Wildman–Crippen LogP) is 2.09. The summed E-state index contributed by atoms with van der Waals surface area (Å²) in [6.45, 7) is 0.659. The Morgan fingerprint density at radius 2 is 2.14 bits per heavy atom. The molecule has 0 radical (unpaired) electrons. The molecule has 21 heavy (non-hydrogen) atoms. The average Bonchev–Trinajstić information content (AvgIpc) is 3.09. The summed E-state index contributed by atoms with van der Waals surface area (Å²) in [6, 6.07) is 11.6. The Labute approximate surface area is 121 Å². The van der Waals surface area contributed by atoms with Gasteiger partial charge < -0.3 is 16.0 Å². The molecule has 0 aliphatic heterocycles. The molecular formula is C15H15N5O. The molecule has 0 aliphatic rings. The molecule has 3 aromatic rings. The largest absolute Gasteiger partial charge is 0.397 e. The van der Waals surface area contributed by atoms with Crippen molar-refractivity contribution in [3.63, 3.8) is 0 Å². The van der Waals surface area contributed by atoms with E-state index in [4.69, 9.17) is 5.73 Å². The second-order valence-corrected chi connectivity index (χ2v) is 4.71. The molecule has 0 fully saturated rings. The van der Waals surface area contributed by atoms with Gasteiger partial charge in [-0.15, -0.1) is 0 Å². The van der Waals surface area contributed by atoms with Crippen molar-refractivity contribution in [2.24, 2.45) is 0 Å². The first-order valence-corrected chi connectivity index (χ1v) is 6.52. The molecule has 4 N–H and O–H groups in total. The second-order valence-electron chi connectivity index (χ2n) is 4.71. The highest BCUT2D eigenvalue weighted by molar-refractivity contribution is 6.03. The minimum atomic E-state index is -0.244. The van der Waals surface area contributed by atoms with Crippen molar-refractivity contribution < 1.29 is 4.79 Å². The Balaban J connectivity index is 1.66. The van der Waals surface area contributed by atoms with Crippen LogP contribution in [0, 0.1) is 0 Å². The van der Waals surface area contributed by atoms with Gasteiger partial charge in [-0.25, -0.2) is 0 Å². The summed E-state index contributed by atoms with van der Waals surface area (Å²) in [7, 11) is 0. The van der Waals surface area contributed by atoms with Gasteiger partial charge in [0.05, 0.1) is 18.4 Å². The van der Waals surface area contributed by atoms with Crippen molar-refractivity contribution in [2.45, 2.75) is 6.54 Å². The Morgan fingerprint density at radius 3 is 2.86 bits per heavy atom. The zero-order valence-corrected chi connectivity index (χ0v) is 11.3. The molecular weight excluding hydrogens is 266 g/mol.